The highest BCUT2D eigenvalue weighted by atomic mass is 19.3. The van der Waals surface area contributed by atoms with Crippen molar-refractivity contribution in [3.8, 4) is 0 Å². The molecule has 1 aliphatic carbocycles. The Morgan fingerprint density at radius 3 is 2.56 bits per heavy atom. The maximum absolute atomic E-state index is 13.9. The number of carbonyl (C=O) groups excluding carboxylic acids is 1. The van der Waals surface area contributed by atoms with Crippen LogP contribution in [0.15, 0.2) is 60.8 Å². The molecule has 4 rings (SSSR count). The summed E-state index contributed by atoms with van der Waals surface area (Å²) in [6, 6.07) is 14.3. The van der Waals surface area contributed by atoms with E-state index in [0.717, 1.165) is 11.3 Å². The monoisotopic (exact) mass is 472 g/mol. The summed E-state index contributed by atoms with van der Waals surface area (Å²) in [6.45, 7) is 2.06. The number of carbonyl (C=O) groups is 1. The molecule has 3 aromatic rings. The van der Waals surface area contributed by atoms with Gasteiger partial charge in [-0.1, -0.05) is 42.5 Å². The number of ether oxygens (including phenoxy) is 1. The van der Waals surface area contributed by atoms with E-state index in [1.54, 1.807) is 42.5 Å². The number of halogens is 3. The first-order chi connectivity index (χ1) is 16.2. The van der Waals surface area contributed by atoms with Gasteiger partial charge in [0, 0.05) is 31.4 Å². The molecule has 0 unspecified atom stereocenters. The molecule has 0 radical (unpaired) electrons. The van der Waals surface area contributed by atoms with Crippen molar-refractivity contribution in [2.24, 2.45) is 5.92 Å². The van der Waals surface area contributed by atoms with Gasteiger partial charge in [0.2, 0.25) is 5.92 Å². The van der Waals surface area contributed by atoms with Gasteiger partial charge in [0.05, 0.1) is 12.2 Å². The zero-order chi connectivity index (χ0) is 24.3. The highest BCUT2D eigenvalue weighted by Crippen LogP contribution is 2.47. The summed E-state index contributed by atoms with van der Waals surface area (Å²) in [5, 5.41) is 11.4. The van der Waals surface area contributed by atoms with Crippen LogP contribution >= 0.6 is 0 Å². The summed E-state index contributed by atoms with van der Waals surface area (Å²) < 4.78 is 48.2. The first kappa shape index (κ1) is 24.0. The minimum atomic E-state index is -2.91. The zero-order valence-electron chi connectivity index (χ0n) is 18.9. The van der Waals surface area contributed by atoms with E-state index in [2.05, 4.69) is 4.98 Å². The number of benzene rings is 2. The topological polar surface area (TPSA) is 64.4 Å². The molecular formula is C26H27F3N2O3. The number of rotatable bonds is 8. The van der Waals surface area contributed by atoms with E-state index in [0.29, 0.717) is 18.8 Å². The Hall–Kier alpha value is -3.13. The van der Waals surface area contributed by atoms with Crippen LogP contribution in [0.5, 0.6) is 0 Å². The summed E-state index contributed by atoms with van der Waals surface area (Å²) in [5.74, 6) is -4.37. The van der Waals surface area contributed by atoms with Gasteiger partial charge in [-0.15, -0.1) is 0 Å². The van der Waals surface area contributed by atoms with Gasteiger partial charge in [0.15, 0.2) is 5.60 Å². The van der Waals surface area contributed by atoms with Crippen molar-refractivity contribution in [1.29, 1.82) is 0 Å². The molecule has 0 bridgehead atoms. The minimum absolute atomic E-state index is 0.0286. The molecule has 2 aromatic carbocycles. The van der Waals surface area contributed by atoms with E-state index >= 15 is 0 Å². The van der Waals surface area contributed by atoms with E-state index in [1.165, 1.54) is 12.1 Å². The fraction of sp³-hybridized carbons (Fsp3) is 0.385. The maximum Gasteiger partial charge on any atom is 0.343 e. The van der Waals surface area contributed by atoms with Crippen LogP contribution in [0.2, 0.25) is 0 Å². The number of aliphatic hydroxyl groups is 1. The molecule has 2 atom stereocenters. The van der Waals surface area contributed by atoms with Crippen molar-refractivity contribution in [2.75, 3.05) is 6.61 Å². The molecule has 1 aliphatic rings. The normalized spacial score (nSPS) is 19.0. The van der Waals surface area contributed by atoms with Crippen molar-refractivity contribution in [3.05, 3.63) is 89.3 Å². The quantitative estimate of drug-likeness (QED) is 0.479. The first-order valence-corrected chi connectivity index (χ1v) is 11.3. The van der Waals surface area contributed by atoms with Gasteiger partial charge in [0.25, 0.3) is 0 Å². The lowest BCUT2D eigenvalue weighted by Gasteiger charge is -2.32. The Bertz CT molecular complexity index is 1130. The predicted molar refractivity (Wildman–Crippen MR) is 120 cm³/mol. The number of alkyl halides is 2. The lowest BCUT2D eigenvalue weighted by molar-refractivity contribution is -0.175. The molecule has 0 spiro atoms. The highest BCUT2D eigenvalue weighted by Gasteiger charge is 2.54. The third kappa shape index (κ3) is 5.17. The standard InChI is InChI=1S/C26H27F3N2O3/c1-18-30-23(15-19-7-9-22(27)10-8-19)17-31(18)13-14-34-24(32)26(33,20-5-3-2-4-6-20)21-11-12-25(28,29)16-21/h2-10,17,21,33H,11-16H2,1H3/t21-,26+/m1/s1. The molecule has 0 saturated heterocycles. The number of aromatic nitrogens is 2. The molecular weight excluding hydrogens is 445 g/mol. The largest absolute Gasteiger partial charge is 0.461 e. The van der Waals surface area contributed by atoms with Crippen molar-refractivity contribution in [3.63, 3.8) is 0 Å². The Morgan fingerprint density at radius 2 is 1.91 bits per heavy atom. The van der Waals surface area contributed by atoms with Crippen LogP contribution in [0.1, 0.15) is 41.9 Å². The lowest BCUT2D eigenvalue weighted by Crippen LogP contribution is -2.44. The minimum Gasteiger partial charge on any atom is -0.461 e. The zero-order valence-corrected chi connectivity index (χ0v) is 18.9. The van der Waals surface area contributed by atoms with Gasteiger partial charge in [0.1, 0.15) is 18.2 Å². The van der Waals surface area contributed by atoms with Crippen molar-refractivity contribution < 1.29 is 27.8 Å². The van der Waals surface area contributed by atoms with E-state index in [-0.39, 0.29) is 30.8 Å². The molecule has 1 N–H and O–H groups in total. The fourth-order valence-electron chi connectivity index (χ4n) is 4.56. The molecule has 1 heterocycles. The fourth-order valence-corrected chi connectivity index (χ4v) is 4.56. The van der Waals surface area contributed by atoms with Crippen LogP contribution in [0.3, 0.4) is 0 Å². The number of imidazole rings is 1. The maximum atomic E-state index is 13.9. The summed E-state index contributed by atoms with van der Waals surface area (Å²) in [7, 11) is 0. The molecule has 8 heteroatoms. The van der Waals surface area contributed by atoms with Crippen molar-refractivity contribution >= 4 is 5.97 Å². The molecule has 0 amide bonds. The number of aryl methyl sites for hydroxylation is 1. The highest BCUT2D eigenvalue weighted by molar-refractivity contribution is 5.81. The molecule has 1 fully saturated rings. The Labute approximate surface area is 196 Å². The van der Waals surface area contributed by atoms with Gasteiger partial charge in [-0.05, 0) is 36.6 Å². The van der Waals surface area contributed by atoms with Crippen LogP contribution in [-0.2, 0) is 28.1 Å². The van der Waals surface area contributed by atoms with Gasteiger partial charge in [-0.3, -0.25) is 0 Å². The summed E-state index contributed by atoms with van der Waals surface area (Å²) in [4.78, 5) is 17.5. The summed E-state index contributed by atoms with van der Waals surface area (Å²) >= 11 is 0. The Morgan fingerprint density at radius 1 is 1.21 bits per heavy atom. The number of hydrogen-bond donors (Lipinski definition) is 1. The SMILES string of the molecule is Cc1nc(Cc2ccc(F)cc2)cn1CCOC(=O)[C@](O)(c1ccccc1)[C@@H]1CCC(F)(F)C1. The van der Waals surface area contributed by atoms with Gasteiger partial charge < -0.3 is 14.4 Å². The van der Waals surface area contributed by atoms with E-state index in [9.17, 15) is 23.1 Å². The van der Waals surface area contributed by atoms with Crippen LogP contribution in [-0.4, -0.2) is 33.2 Å². The van der Waals surface area contributed by atoms with Gasteiger partial charge in [-0.2, -0.15) is 0 Å². The third-order valence-electron chi connectivity index (χ3n) is 6.41. The smallest absolute Gasteiger partial charge is 0.343 e. The molecule has 5 nitrogen and oxygen atoms in total. The van der Waals surface area contributed by atoms with E-state index < -0.39 is 29.8 Å². The van der Waals surface area contributed by atoms with Crippen molar-refractivity contribution in [2.45, 2.75) is 50.7 Å². The second-order valence-corrected chi connectivity index (χ2v) is 8.84. The molecule has 0 aliphatic heterocycles. The van der Waals surface area contributed by atoms with Gasteiger partial charge in [-0.25, -0.2) is 22.9 Å². The summed E-state index contributed by atoms with van der Waals surface area (Å²) in [5.41, 5.74) is -0.190. The molecule has 1 saturated carbocycles. The van der Waals surface area contributed by atoms with Crippen LogP contribution in [0.25, 0.3) is 0 Å². The van der Waals surface area contributed by atoms with Crippen LogP contribution in [0.4, 0.5) is 13.2 Å². The third-order valence-corrected chi connectivity index (χ3v) is 6.41. The number of nitrogens with zero attached hydrogens (tertiary/aromatic N) is 2. The van der Waals surface area contributed by atoms with E-state index in [4.69, 9.17) is 4.74 Å². The second kappa shape index (κ2) is 9.62. The molecule has 34 heavy (non-hydrogen) atoms. The lowest BCUT2D eigenvalue weighted by atomic mass is 9.80. The van der Waals surface area contributed by atoms with Crippen LogP contribution in [0, 0.1) is 18.7 Å². The second-order valence-electron chi connectivity index (χ2n) is 8.84. The van der Waals surface area contributed by atoms with Crippen molar-refractivity contribution in [1.82, 2.24) is 9.55 Å². The average molecular weight is 473 g/mol. The Kier molecular flexibility index (Phi) is 6.79. The van der Waals surface area contributed by atoms with E-state index in [1.807, 2.05) is 17.7 Å². The summed E-state index contributed by atoms with van der Waals surface area (Å²) in [6.07, 6.45) is 1.44. The Balaban J connectivity index is 1.42. The number of hydrogen-bond acceptors (Lipinski definition) is 4. The molecule has 180 valence electrons. The molecule has 1 aromatic heterocycles. The number of esters is 1. The average Bonchev–Trinajstić information content (AvgIpc) is 3.36. The van der Waals surface area contributed by atoms with Crippen LogP contribution < -0.4 is 0 Å². The first-order valence-electron chi connectivity index (χ1n) is 11.3. The van der Waals surface area contributed by atoms with Gasteiger partial charge >= 0.3 is 5.97 Å². The predicted octanol–water partition coefficient (Wildman–Crippen LogP) is 4.79.